The Kier molecular flexibility index (Phi) is 5.22. The van der Waals surface area contributed by atoms with Gasteiger partial charge in [0.05, 0.1) is 6.04 Å². The minimum atomic E-state index is -0.0480. The van der Waals surface area contributed by atoms with Crippen molar-refractivity contribution >= 4 is 5.91 Å². The average molecular weight is 267 g/mol. The number of carbonyl (C=O) groups excluding carboxylic acids is 1. The molecule has 1 saturated carbocycles. The molecule has 1 saturated heterocycles. The van der Waals surface area contributed by atoms with Crippen LogP contribution in [-0.4, -0.2) is 60.5 Å². The van der Waals surface area contributed by atoms with Crippen LogP contribution in [-0.2, 0) is 4.79 Å². The number of hydrogen-bond acceptors (Lipinski definition) is 3. The summed E-state index contributed by atoms with van der Waals surface area (Å²) in [6, 6.07) is 1.24. The summed E-state index contributed by atoms with van der Waals surface area (Å²) in [5.41, 5.74) is 0. The fourth-order valence-electron chi connectivity index (χ4n) is 2.81. The van der Waals surface area contributed by atoms with Crippen molar-refractivity contribution in [2.45, 2.75) is 64.1 Å². The standard InChI is InChI=1S/C15H29N3O/c1-12(17(3)14-7-8-14)11-16-13(2)15(19)18-9-5-4-6-10-18/h12-14,16H,4-11H2,1-3H3. The van der Waals surface area contributed by atoms with Crippen LogP contribution in [0.2, 0.25) is 0 Å². The Bertz CT molecular complexity index is 298. The van der Waals surface area contributed by atoms with E-state index in [0.717, 1.165) is 25.7 Å². The van der Waals surface area contributed by atoms with Crippen LogP contribution in [0.4, 0.5) is 0 Å². The van der Waals surface area contributed by atoms with Crippen LogP contribution in [0.5, 0.6) is 0 Å². The summed E-state index contributed by atoms with van der Waals surface area (Å²) in [5, 5.41) is 3.41. The summed E-state index contributed by atoms with van der Waals surface area (Å²) in [6.45, 7) is 7.03. The van der Waals surface area contributed by atoms with E-state index >= 15 is 0 Å². The Hall–Kier alpha value is -0.610. The van der Waals surface area contributed by atoms with Crippen LogP contribution in [0.3, 0.4) is 0 Å². The van der Waals surface area contributed by atoms with Gasteiger partial charge in [0.2, 0.25) is 5.91 Å². The summed E-state index contributed by atoms with van der Waals surface area (Å²) in [4.78, 5) is 16.7. The van der Waals surface area contributed by atoms with Gasteiger partial charge in [0, 0.05) is 31.7 Å². The lowest BCUT2D eigenvalue weighted by Crippen LogP contribution is -2.50. The second-order valence-corrected chi connectivity index (χ2v) is 6.26. The van der Waals surface area contributed by atoms with Gasteiger partial charge >= 0.3 is 0 Å². The Labute approximate surface area is 117 Å². The summed E-state index contributed by atoms with van der Waals surface area (Å²) in [7, 11) is 2.20. The van der Waals surface area contributed by atoms with Gasteiger partial charge in [-0.3, -0.25) is 9.69 Å². The van der Waals surface area contributed by atoms with Gasteiger partial charge in [-0.15, -0.1) is 0 Å². The van der Waals surface area contributed by atoms with E-state index in [9.17, 15) is 4.79 Å². The zero-order valence-corrected chi connectivity index (χ0v) is 12.7. The van der Waals surface area contributed by atoms with Crippen molar-refractivity contribution in [3.8, 4) is 0 Å². The lowest BCUT2D eigenvalue weighted by Gasteiger charge is -2.31. The lowest BCUT2D eigenvalue weighted by molar-refractivity contribution is -0.133. The molecule has 1 aliphatic heterocycles. The minimum Gasteiger partial charge on any atom is -0.341 e. The van der Waals surface area contributed by atoms with Gasteiger partial charge < -0.3 is 10.2 Å². The largest absolute Gasteiger partial charge is 0.341 e. The van der Waals surface area contributed by atoms with Crippen molar-refractivity contribution in [1.29, 1.82) is 0 Å². The predicted molar refractivity (Wildman–Crippen MR) is 78.1 cm³/mol. The maximum absolute atomic E-state index is 12.3. The molecule has 4 heteroatoms. The highest BCUT2D eigenvalue weighted by atomic mass is 16.2. The zero-order valence-electron chi connectivity index (χ0n) is 12.7. The highest BCUT2D eigenvalue weighted by Gasteiger charge is 2.29. The van der Waals surface area contributed by atoms with Crippen molar-refractivity contribution in [3.05, 3.63) is 0 Å². The number of carbonyl (C=O) groups is 1. The van der Waals surface area contributed by atoms with Gasteiger partial charge in [0.25, 0.3) is 0 Å². The number of likely N-dealkylation sites (tertiary alicyclic amines) is 1. The van der Waals surface area contributed by atoms with Gasteiger partial charge in [-0.25, -0.2) is 0 Å². The molecule has 1 aliphatic carbocycles. The molecule has 0 aromatic rings. The van der Waals surface area contributed by atoms with Crippen LogP contribution in [0.15, 0.2) is 0 Å². The molecule has 0 aromatic heterocycles. The topological polar surface area (TPSA) is 35.6 Å². The first-order chi connectivity index (χ1) is 9.09. The monoisotopic (exact) mass is 267 g/mol. The highest BCUT2D eigenvalue weighted by Crippen LogP contribution is 2.26. The number of nitrogens with zero attached hydrogens (tertiary/aromatic N) is 2. The van der Waals surface area contributed by atoms with Gasteiger partial charge in [-0.2, -0.15) is 0 Å². The first-order valence-corrected chi connectivity index (χ1v) is 7.83. The molecule has 1 amide bonds. The Morgan fingerprint density at radius 1 is 1.26 bits per heavy atom. The average Bonchev–Trinajstić information content (AvgIpc) is 3.28. The van der Waals surface area contributed by atoms with Gasteiger partial charge in [-0.05, 0) is 53.0 Å². The molecule has 2 aliphatic rings. The Morgan fingerprint density at radius 3 is 2.47 bits per heavy atom. The first-order valence-electron chi connectivity index (χ1n) is 7.83. The van der Waals surface area contributed by atoms with E-state index in [4.69, 9.17) is 0 Å². The van der Waals surface area contributed by atoms with Crippen LogP contribution < -0.4 is 5.32 Å². The number of piperidine rings is 1. The molecule has 4 nitrogen and oxygen atoms in total. The maximum Gasteiger partial charge on any atom is 0.239 e. The van der Waals surface area contributed by atoms with Crippen LogP contribution >= 0.6 is 0 Å². The van der Waals surface area contributed by atoms with E-state index < -0.39 is 0 Å². The minimum absolute atomic E-state index is 0.0480. The molecule has 2 fully saturated rings. The SMILES string of the molecule is CC(NCC(C)N(C)C1CC1)C(=O)N1CCCCC1. The number of likely N-dealkylation sites (N-methyl/N-ethyl adjacent to an activating group) is 1. The fourth-order valence-corrected chi connectivity index (χ4v) is 2.81. The van der Waals surface area contributed by atoms with E-state index in [0.29, 0.717) is 6.04 Å². The molecule has 110 valence electrons. The molecule has 0 bridgehead atoms. The molecule has 2 atom stereocenters. The molecule has 1 heterocycles. The second-order valence-electron chi connectivity index (χ2n) is 6.26. The normalized spacial score (nSPS) is 23.5. The van der Waals surface area contributed by atoms with E-state index in [1.54, 1.807) is 0 Å². The lowest BCUT2D eigenvalue weighted by atomic mass is 10.1. The van der Waals surface area contributed by atoms with Gasteiger partial charge in [0.15, 0.2) is 0 Å². The van der Waals surface area contributed by atoms with E-state index in [1.807, 2.05) is 11.8 Å². The summed E-state index contributed by atoms with van der Waals surface area (Å²) < 4.78 is 0. The van der Waals surface area contributed by atoms with E-state index in [-0.39, 0.29) is 11.9 Å². The third kappa shape index (κ3) is 4.18. The number of amides is 1. The Morgan fingerprint density at radius 2 is 1.89 bits per heavy atom. The number of nitrogens with one attached hydrogen (secondary N) is 1. The fraction of sp³-hybridized carbons (Fsp3) is 0.933. The molecule has 0 radical (unpaired) electrons. The third-order valence-corrected chi connectivity index (χ3v) is 4.58. The van der Waals surface area contributed by atoms with Crippen LogP contribution in [0, 0.1) is 0 Å². The smallest absolute Gasteiger partial charge is 0.239 e. The van der Waals surface area contributed by atoms with Gasteiger partial charge in [0.1, 0.15) is 0 Å². The molecule has 2 unspecified atom stereocenters. The molecule has 2 rings (SSSR count). The molecule has 19 heavy (non-hydrogen) atoms. The maximum atomic E-state index is 12.3. The molecule has 1 N–H and O–H groups in total. The van der Waals surface area contributed by atoms with Crippen molar-refractivity contribution in [2.24, 2.45) is 0 Å². The van der Waals surface area contributed by atoms with Crippen molar-refractivity contribution in [3.63, 3.8) is 0 Å². The third-order valence-electron chi connectivity index (χ3n) is 4.58. The number of rotatable bonds is 6. The first kappa shape index (κ1) is 14.8. The highest BCUT2D eigenvalue weighted by molar-refractivity contribution is 5.81. The second kappa shape index (κ2) is 6.71. The summed E-state index contributed by atoms with van der Waals surface area (Å²) in [6.07, 6.45) is 6.28. The van der Waals surface area contributed by atoms with Crippen molar-refractivity contribution < 1.29 is 4.79 Å². The van der Waals surface area contributed by atoms with Gasteiger partial charge in [-0.1, -0.05) is 0 Å². The molecular weight excluding hydrogens is 238 g/mol. The molecular formula is C15H29N3O. The van der Waals surface area contributed by atoms with E-state index in [1.165, 1.54) is 32.1 Å². The molecule has 0 aromatic carbocycles. The van der Waals surface area contributed by atoms with Crippen LogP contribution in [0.1, 0.15) is 46.0 Å². The Balaban J connectivity index is 1.70. The van der Waals surface area contributed by atoms with E-state index in [2.05, 4.69) is 24.2 Å². The van der Waals surface area contributed by atoms with Crippen molar-refractivity contribution in [1.82, 2.24) is 15.1 Å². The summed E-state index contributed by atoms with van der Waals surface area (Å²) >= 11 is 0. The summed E-state index contributed by atoms with van der Waals surface area (Å²) in [5.74, 6) is 0.279. The molecule has 0 spiro atoms. The quantitative estimate of drug-likeness (QED) is 0.791. The van der Waals surface area contributed by atoms with Crippen molar-refractivity contribution in [2.75, 3.05) is 26.7 Å². The predicted octanol–water partition coefficient (Wildman–Crippen LogP) is 1.46. The number of hydrogen-bond donors (Lipinski definition) is 1. The van der Waals surface area contributed by atoms with Crippen LogP contribution in [0.25, 0.3) is 0 Å². The zero-order chi connectivity index (χ0) is 13.8.